The van der Waals surface area contributed by atoms with E-state index in [-0.39, 0.29) is 17.3 Å². The van der Waals surface area contributed by atoms with Gasteiger partial charge in [-0.1, -0.05) is 19.8 Å². The van der Waals surface area contributed by atoms with Crippen molar-refractivity contribution >= 4 is 23.4 Å². The van der Waals surface area contributed by atoms with Crippen molar-refractivity contribution in [1.29, 1.82) is 0 Å². The van der Waals surface area contributed by atoms with E-state index < -0.39 is 10.8 Å². The molecule has 0 fully saturated rings. The Bertz CT molecular complexity index is 508. The van der Waals surface area contributed by atoms with Crippen LogP contribution in [0.15, 0.2) is 23.1 Å². The molecule has 0 aliphatic carbocycles. The highest BCUT2D eigenvalue weighted by Crippen LogP contribution is 2.24. The Morgan fingerprint density at radius 3 is 2.76 bits per heavy atom. The van der Waals surface area contributed by atoms with Gasteiger partial charge in [0.1, 0.15) is 5.56 Å². The first kappa shape index (κ1) is 17.5. The molecule has 0 aliphatic rings. The molecule has 0 saturated carbocycles. The van der Waals surface area contributed by atoms with Gasteiger partial charge in [-0.2, -0.15) is 0 Å². The van der Waals surface area contributed by atoms with E-state index in [1.54, 1.807) is 12.1 Å². The first-order chi connectivity index (χ1) is 10.0. The van der Waals surface area contributed by atoms with Crippen LogP contribution in [0.3, 0.4) is 0 Å². The summed E-state index contributed by atoms with van der Waals surface area (Å²) in [5, 5.41) is 13.8. The number of benzene rings is 1. The highest BCUT2D eigenvalue weighted by Gasteiger charge is 2.22. The van der Waals surface area contributed by atoms with Crippen molar-refractivity contribution in [1.82, 2.24) is 5.32 Å². The van der Waals surface area contributed by atoms with Gasteiger partial charge in [0.05, 0.1) is 4.92 Å². The molecule has 0 bridgehead atoms. The maximum Gasteiger partial charge on any atom is 0.282 e. The Labute approximate surface area is 128 Å². The van der Waals surface area contributed by atoms with E-state index in [9.17, 15) is 14.9 Å². The predicted molar refractivity (Wildman–Crippen MR) is 84.7 cm³/mol. The fourth-order valence-electron chi connectivity index (χ4n) is 1.95. The second kappa shape index (κ2) is 8.63. The Kier molecular flexibility index (Phi) is 7.18. The number of carbonyl (C=O) groups excluding carboxylic acids is 1. The number of nitro groups is 1. The van der Waals surface area contributed by atoms with Crippen LogP contribution in [0.2, 0.25) is 0 Å². The summed E-state index contributed by atoms with van der Waals surface area (Å²) in [6.45, 7) is 2.38. The molecule has 0 heterocycles. The fourth-order valence-corrected chi connectivity index (χ4v) is 2.39. The van der Waals surface area contributed by atoms with Crippen LogP contribution in [0.4, 0.5) is 5.69 Å². The maximum absolute atomic E-state index is 12.3. The molecule has 116 valence electrons. The largest absolute Gasteiger partial charge is 0.348 e. The number of nitrogens with two attached hydrogens (primary N) is 1. The number of thioether (sulfide) groups is 1. The Morgan fingerprint density at radius 2 is 2.24 bits per heavy atom. The van der Waals surface area contributed by atoms with E-state index in [0.717, 1.165) is 24.2 Å². The van der Waals surface area contributed by atoms with Gasteiger partial charge in [0.25, 0.3) is 11.6 Å². The molecule has 1 rings (SSSR count). The van der Waals surface area contributed by atoms with E-state index in [2.05, 4.69) is 12.2 Å². The third-order valence-corrected chi connectivity index (χ3v) is 3.90. The average molecular weight is 311 g/mol. The molecule has 0 spiro atoms. The van der Waals surface area contributed by atoms with Gasteiger partial charge in [-0.3, -0.25) is 14.9 Å². The number of nitrogens with zero attached hydrogens (tertiary/aromatic N) is 1. The third-order valence-electron chi connectivity index (χ3n) is 3.17. The lowest BCUT2D eigenvalue weighted by Gasteiger charge is -2.16. The van der Waals surface area contributed by atoms with E-state index in [4.69, 9.17) is 5.73 Å². The van der Waals surface area contributed by atoms with E-state index >= 15 is 0 Å². The van der Waals surface area contributed by atoms with Crippen LogP contribution in [0.1, 0.15) is 36.5 Å². The van der Waals surface area contributed by atoms with Crippen LogP contribution in [-0.4, -0.2) is 29.7 Å². The lowest BCUT2D eigenvalue weighted by atomic mass is 10.1. The van der Waals surface area contributed by atoms with Gasteiger partial charge in [0, 0.05) is 23.5 Å². The summed E-state index contributed by atoms with van der Waals surface area (Å²) in [4.78, 5) is 23.6. The standard InChI is InChI=1S/C14H21N3O3S/c1-3-4-5-10(9-15)16-14(18)12-8-11(21-2)6-7-13(12)17(19)20/h6-8,10H,3-5,9,15H2,1-2H3,(H,16,18). The minimum absolute atomic E-state index is 0.0850. The molecule has 0 saturated heterocycles. The molecular weight excluding hydrogens is 290 g/mol. The average Bonchev–Trinajstić information content (AvgIpc) is 2.50. The van der Waals surface area contributed by atoms with E-state index in [1.165, 1.54) is 17.8 Å². The smallest absolute Gasteiger partial charge is 0.282 e. The van der Waals surface area contributed by atoms with Gasteiger partial charge < -0.3 is 11.1 Å². The molecular formula is C14H21N3O3S. The van der Waals surface area contributed by atoms with Crippen LogP contribution in [0.25, 0.3) is 0 Å². The van der Waals surface area contributed by atoms with Gasteiger partial charge in [-0.15, -0.1) is 11.8 Å². The summed E-state index contributed by atoms with van der Waals surface area (Å²) in [5.41, 5.74) is 5.54. The van der Waals surface area contributed by atoms with Gasteiger partial charge in [-0.05, 0) is 24.8 Å². The Morgan fingerprint density at radius 1 is 1.52 bits per heavy atom. The van der Waals surface area contributed by atoms with Gasteiger partial charge >= 0.3 is 0 Å². The Balaban J connectivity index is 2.96. The molecule has 3 N–H and O–H groups in total. The SMILES string of the molecule is CCCCC(CN)NC(=O)c1cc(SC)ccc1[N+](=O)[O-]. The zero-order chi connectivity index (χ0) is 15.8. The quantitative estimate of drug-likeness (QED) is 0.437. The normalized spacial score (nSPS) is 12.0. The molecule has 7 heteroatoms. The van der Waals surface area contributed by atoms with Crippen LogP contribution in [-0.2, 0) is 0 Å². The number of nitrogens with one attached hydrogen (secondary N) is 1. The number of unbranched alkanes of at least 4 members (excludes halogenated alkanes) is 1. The summed E-state index contributed by atoms with van der Waals surface area (Å²) in [6.07, 6.45) is 4.59. The van der Waals surface area contributed by atoms with Crippen molar-refractivity contribution in [2.24, 2.45) is 5.73 Å². The highest BCUT2D eigenvalue weighted by atomic mass is 32.2. The van der Waals surface area contributed by atoms with Crippen molar-refractivity contribution < 1.29 is 9.72 Å². The Hall–Kier alpha value is -1.60. The van der Waals surface area contributed by atoms with E-state index in [0.29, 0.717) is 6.54 Å². The number of carbonyl (C=O) groups is 1. The molecule has 0 aliphatic heterocycles. The van der Waals surface area contributed by atoms with Crippen molar-refractivity contribution in [2.75, 3.05) is 12.8 Å². The molecule has 1 aromatic carbocycles. The van der Waals surface area contributed by atoms with Crippen molar-refractivity contribution in [3.05, 3.63) is 33.9 Å². The maximum atomic E-state index is 12.3. The number of hydrogen-bond donors (Lipinski definition) is 2. The molecule has 1 unspecified atom stereocenters. The van der Waals surface area contributed by atoms with Crippen LogP contribution < -0.4 is 11.1 Å². The third kappa shape index (κ3) is 5.02. The fraction of sp³-hybridized carbons (Fsp3) is 0.500. The highest BCUT2D eigenvalue weighted by molar-refractivity contribution is 7.98. The van der Waals surface area contributed by atoms with Gasteiger partial charge in [0.2, 0.25) is 0 Å². The van der Waals surface area contributed by atoms with Gasteiger partial charge in [-0.25, -0.2) is 0 Å². The van der Waals surface area contributed by atoms with Crippen LogP contribution in [0, 0.1) is 10.1 Å². The summed E-state index contributed by atoms with van der Waals surface area (Å²) in [5.74, 6) is -0.441. The lowest BCUT2D eigenvalue weighted by molar-refractivity contribution is -0.385. The second-order valence-corrected chi connectivity index (χ2v) is 5.57. The molecule has 1 atom stereocenters. The van der Waals surface area contributed by atoms with Crippen molar-refractivity contribution in [2.45, 2.75) is 37.1 Å². The number of amides is 1. The molecule has 1 amide bonds. The number of nitro benzene ring substituents is 1. The zero-order valence-electron chi connectivity index (χ0n) is 12.3. The van der Waals surface area contributed by atoms with Crippen LogP contribution in [0.5, 0.6) is 0 Å². The minimum Gasteiger partial charge on any atom is -0.348 e. The molecule has 0 aromatic heterocycles. The lowest BCUT2D eigenvalue weighted by Crippen LogP contribution is -2.40. The predicted octanol–water partition coefficient (Wildman–Crippen LogP) is 2.56. The second-order valence-electron chi connectivity index (χ2n) is 4.69. The number of hydrogen-bond acceptors (Lipinski definition) is 5. The monoisotopic (exact) mass is 311 g/mol. The minimum atomic E-state index is -0.539. The number of rotatable bonds is 8. The summed E-state index contributed by atoms with van der Waals surface area (Å²) < 4.78 is 0. The summed E-state index contributed by atoms with van der Waals surface area (Å²) in [7, 11) is 0. The van der Waals surface area contributed by atoms with Crippen molar-refractivity contribution in [3.63, 3.8) is 0 Å². The summed E-state index contributed by atoms with van der Waals surface area (Å²) in [6, 6.07) is 4.39. The zero-order valence-corrected chi connectivity index (χ0v) is 13.1. The first-order valence-electron chi connectivity index (χ1n) is 6.86. The molecule has 6 nitrogen and oxygen atoms in total. The van der Waals surface area contributed by atoms with Gasteiger partial charge in [0.15, 0.2) is 0 Å². The first-order valence-corrected chi connectivity index (χ1v) is 8.09. The van der Waals surface area contributed by atoms with Crippen LogP contribution >= 0.6 is 11.8 Å². The van der Waals surface area contributed by atoms with Crippen molar-refractivity contribution in [3.8, 4) is 0 Å². The molecule has 1 aromatic rings. The molecule has 21 heavy (non-hydrogen) atoms. The summed E-state index contributed by atoms with van der Waals surface area (Å²) >= 11 is 1.43. The molecule has 0 radical (unpaired) electrons. The topological polar surface area (TPSA) is 98.3 Å². The van der Waals surface area contributed by atoms with E-state index in [1.807, 2.05) is 6.26 Å².